The molecule has 0 radical (unpaired) electrons. The van der Waals surface area contributed by atoms with E-state index in [1.165, 1.54) is 0 Å². The van der Waals surface area contributed by atoms with Crippen LogP contribution in [0.4, 0.5) is 0 Å². The summed E-state index contributed by atoms with van der Waals surface area (Å²) < 4.78 is 4.94. The van der Waals surface area contributed by atoms with Crippen LogP contribution in [0.5, 0.6) is 0 Å². The van der Waals surface area contributed by atoms with E-state index in [9.17, 15) is 9.59 Å². The van der Waals surface area contributed by atoms with Crippen molar-refractivity contribution in [2.24, 2.45) is 11.7 Å². The molecule has 5 heteroatoms. The smallest absolute Gasteiger partial charge is 0.306 e. The molecule has 106 valence electrons. The maximum Gasteiger partial charge on any atom is 0.306 e. The first kappa shape index (κ1) is 16.9. The highest BCUT2D eigenvalue weighted by Crippen LogP contribution is 2.11. The molecule has 18 heavy (non-hydrogen) atoms. The molecule has 0 aromatic carbocycles. The van der Waals surface area contributed by atoms with Gasteiger partial charge in [0.2, 0.25) is 5.91 Å². The van der Waals surface area contributed by atoms with Gasteiger partial charge in [-0.2, -0.15) is 0 Å². The standard InChI is InChI=1S/C13H26N2O3/c1-4-7-10(8-12(16)18-6-3)9-15-11(5-2)13(14)17/h10-11,15H,4-9H2,1-3H3,(H2,14,17). The Bertz CT molecular complexity index is 257. The molecular weight excluding hydrogens is 232 g/mol. The summed E-state index contributed by atoms with van der Waals surface area (Å²) in [6, 6.07) is -0.313. The monoisotopic (exact) mass is 258 g/mol. The SMILES string of the molecule is CCCC(CNC(CC)C(N)=O)CC(=O)OCC. The van der Waals surface area contributed by atoms with Crippen LogP contribution >= 0.6 is 0 Å². The second-order valence-corrected chi connectivity index (χ2v) is 4.44. The third-order valence-corrected chi connectivity index (χ3v) is 2.86. The first-order valence-corrected chi connectivity index (χ1v) is 6.73. The normalized spacial score (nSPS) is 13.9. The van der Waals surface area contributed by atoms with Crippen molar-refractivity contribution in [1.29, 1.82) is 0 Å². The van der Waals surface area contributed by atoms with Crippen LogP contribution in [0.15, 0.2) is 0 Å². The minimum absolute atomic E-state index is 0.176. The lowest BCUT2D eigenvalue weighted by Crippen LogP contribution is -2.43. The van der Waals surface area contributed by atoms with Gasteiger partial charge >= 0.3 is 5.97 Å². The van der Waals surface area contributed by atoms with Crippen LogP contribution in [0, 0.1) is 5.92 Å². The number of nitrogens with one attached hydrogen (secondary N) is 1. The third-order valence-electron chi connectivity index (χ3n) is 2.86. The highest BCUT2D eigenvalue weighted by Gasteiger charge is 2.17. The van der Waals surface area contributed by atoms with Crippen molar-refractivity contribution >= 4 is 11.9 Å². The van der Waals surface area contributed by atoms with Crippen LogP contribution < -0.4 is 11.1 Å². The summed E-state index contributed by atoms with van der Waals surface area (Å²) in [6.07, 6.45) is 2.98. The van der Waals surface area contributed by atoms with Crippen molar-refractivity contribution in [2.75, 3.05) is 13.2 Å². The lowest BCUT2D eigenvalue weighted by molar-refractivity contribution is -0.144. The van der Waals surface area contributed by atoms with Gasteiger partial charge in [-0.1, -0.05) is 20.3 Å². The molecule has 1 amide bonds. The number of carbonyl (C=O) groups is 2. The van der Waals surface area contributed by atoms with E-state index in [2.05, 4.69) is 12.2 Å². The van der Waals surface area contributed by atoms with Crippen molar-refractivity contribution in [2.45, 2.75) is 52.5 Å². The Morgan fingerprint density at radius 2 is 1.94 bits per heavy atom. The number of ether oxygens (including phenoxy) is 1. The lowest BCUT2D eigenvalue weighted by atomic mass is 9.99. The summed E-state index contributed by atoms with van der Waals surface area (Å²) in [7, 11) is 0. The van der Waals surface area contributed by atoms with E-state index in [4.69, 9.17) is 10.5 Å². The summed E-state index contributed by atoms with van der Waals surface area (Å²) >= 11 is 0. The Kier molecular flexibility index (Phi) is 9.28. The van der Waals surface area contributed by atoms with E-state index < -0.39 is 0 Å². The molecule has 2 unspecified atom stereocenters. The second-order valence-electron chi connectivity index (χ2n) is 4.44. The molecule has 0 rings (SSSR count). The molecule has 0 saturated carbocycles. The highest BCUT2D eigenvalue weighted by atomic mass is 16.5. The number of amides is 1. The van der Waals surface area contributed by atoms with Gasteiger partial charge in [0, 0.05) is 6.42 Å². The third kappa shape index (κ3) is 7.27. The Labute approximate surface area is 109 Å². The largest absolute Gasteiger partial charge is 0.466 e. The Balaban J connectivity index is 4.17. The first-order chi connectivity index (χ1) is 8.54. The van der Waals surface area contributed by atoms with Crippen molar-refractivity contribution in [1.82, 2.24) is 5.32 Å². The van der Waals surface area contributed by atoms with Crippen LogP contribution in [-0.4, -0.2) is 31.1 Å². The fourth-order valence-corrected chi connectivity index (χ4v) is 1.90. The van der Waals surface area contributed by atoms with Crippen molar-refractivity contribution in [3.63, 3.8) is 0 Å². The van der Waals surface area contributed by atoms with Gasteiger partial charge in [-0.15, -0.1) is 0 Å². The molecule has 0 saturated heterocycles. The van der Waals surface area contributed by atoms with Crippen LogP contribution in [-0.2, 0) is 14.3 Å². The molecule has 0 aromatic rings. The van der Waals surface area contributed by atoms with Gasteiger partial charge in [0.05, 0.1) is 12.6 Å². The van der Waals surface area contributed by atoms with Crippen molar-refractivity contribution in [3.8, 4) is 0 Å². The minimum Gasteiger partial charge on any atom is -0.466 e. The predicted molar refractivity (Wildman–Crippen MR) is 70.9 cm³/mol. The quantitative estimate of drug-likeness (QED) is 0.577. The van der Waals surface area contributed by atoms with Gasteiger partial charge < -0.3 is 15.8 Å². The maximum atomic E-state index is 11.4. The Morgan fingerprint density at radius 3 is 2.39 bits per heavy atom. The topological polar surface area (TPSA) is 81.4 Å². The second kappa shape index (κ2) is 9.88. The van der Waals surface area contributed by atoms with Gasteiger partial charge in [0.25, 0.3) is 0 Å². The summed E-state index contributed by atoms with van der Waals surface area (Å²) in [5.41, 5.74) is 5.26. The van der Waals surface area contributed by atoms with Gasteiger partial charge in [-0.05, 0) is 32.2 Å². The van der Waals surface area contributed by atoms with Crippen LogP contribution in [0.2, 0.25) is 0 Å². The van der Waals surface area contributed by atoms with Gasteiger partial charge in [0.1, 0.15) is 0 Å². The van der Waals surface area contributed by atoms with Gasteiger partial charge in [0.15, 0.2) is 0 Å². The average Bonchev–Trinajstić information content (AvgIpc) is 2.29. The van der Waals surface area contributed by atoms with E-state index in [1.807, 2.05) is 6.92 Å². The van der Waals surface area contributed by atoms with Gasteiger partial charge in [-0.25, -0.2) is 0 Å². The molecule has 3 N–H and O–H groups in total. The zero-order valence-corrected chi connectivity index (χ0v) is 11.7. The number of esters is 1. The number of primary amides is 1. The fraction of sp³-hybridized carbons (Fsp3) is 0.846. The Hall–Kier alpha value is -1.10. The lowest BCUT2D eigenvalue weighted by Gasteiger charge is -2.19. The molecule has 5 nitrogen and oxygen atoms in total. The minimum atomic E-state index is -0.344. The van der Waals surface area contributed by atoms with Crippen molar-refractivity contribution in [3.05, 3.63) is 0 Å². The average molecular weight is 258 g/mol. The summed E-state index contributed by atoms with van der Waals surface area (Å²) in [4.78, 5) is 22.5. The maximum absolute atomic E-state index is 11.4. The van der Waals surface area contributed by atoms with E-state index in [1.54, 1.807) is 6.92 Å². The molecule has 2 atom stereocenters. The number of rotatable bonds is 10. The number of nitrogens with two attached hydrogens (primary N) is 1. The van der Waals surface area contributed by atoms with E-state index in [0.717, 1.165) is 12.8 Å². The molecule has 0 aliphatic rings. The summed E-state index contributed by atoms with van der Waals surface area (Å²) in [6.45, 7) is 6.80. The number of hydrogen-bond acceptors (Lipinski definition) is 4. The van der Waals surface area contributed by atoms with Crippen molar-refractivity contribution < 1.29 is 14.3 Å². The predicted octanol–water partition coefficient (Wildman–Crippen LogP) is 1.21. The molecule has 0 aliphatic heterocycles. The molecule has 0 bridgehead atoms. The van der Waals surface area contributed by atoms with Crippen LogP contribution in [0.25, 0.3) is 0 Å². The zero-order valence-electron chi connectivity index (χ0n) is 11.7. The highest BCUT2D eigenvalue weighted by molar-refractivity contribution is 5.79. The van der Waals surface area contributed by atoms with Gasteiger partial charge in [-0.3, -0.25) is 9.59 Å². The summed E-state index contributed by atoms with van der Waals surface area (Å²) in [5, 5.41) is 3.12. The molecule has 0 fully saturated rings. The molecule has 0 spiro atoms. The Morgan fingerprint density at radius 1 is 1.28 bits per heavy atom. The molecule has 0 aromatic heterocycles. The van der Waals surface area contributed by atoms with Crippen LogP contribution in [0.3, 0.4) is 0 Å². The fourth-order valence-electron chi connectivity index (χ4n) is 1.90. The van der Waals surface area contributed by atoms with E-state index >= 15 is 0 Å². The summed E-state index contributed by atoms with van der Waals surface area (Å²) in [5.74, 6) is -0.323. The van der Waals surface area contributed by atoms with Crippen LogP contribution in [0.1, 0.15) is 46.5 Å². The molecule has 0 heterocycles. The number of hydrogen-bond donors (Lipinski definition) is 2. The molecular formula is C13H26N2O3. The molecule has 0 aliphatic carbocycles. The van der Waals surface area contributed by atoms with E-state index in [-0.39, 0.29) is 23.8 Å². The first-order valence-electron chi connectivity index (χ1n) is 6.73. The van der Waals surface area contributed by atoms with E-state index in [0.29, 0.717) is 26.0 Å². The zero-order chi connectivity index (χ0) is 14.0. The number of carbonyl (C=O) groups excluding carboxylic acids is 2.